The van der Waals surface area contributed by atoms with Crippen molar-refractivity contribution in [2.24, 2.45) is 0 Å². The average Bonchev–Trinajstić information content (AvgIpc) is 3.34. The Hall–Kier alpha value is -4.27. The maximum absolute atomic E-state index is 15.0. The first kappa shape index (κ1) is 20.1. The van der Waals surface area contributed by atoms with Crippen molar-refractivity contribution in [2.75, 3.05) is 0 Å². The van der Waals surface area contributed by atoms with E-state index in [0.29, 0.717) is 0 Å². The average molecular weight is 469 g/mol. The Bertz CT molecular complexity index is 1880. The molecule has 1 unspecified atom stereocenters. The van der Waals surface area contributed by atoms with E-state index in [0.717, 1.165) is 54.3 Å². The van der Waals surface area contributed by atoms with Gasteiger partial charge in [-0.05, 0) is 41.8 Å². The van der Waals surface area contributed by atoms with Gasteiger partial charge < -0.3 is 4.57 Å². The molecule has 7 rings (SSSR count). The third kappa shape index (κ3) is 2.90. The van der Waals surface area contributed by atoms with Crippen LogP contribution in [0.2, 0.25) is 0 Å². The lowest BCUT2D eigenvalue weighted by atomic mass is 10.1. The van der Waals surface area contributed by atoms with Gasteiger partial charge in [0.2, 0.25) is 0 Å². The number of nitrogens with zero attached hydrogens (tertiary/aromatic N) is 3. The van der Waals surface area contributed by atoms with Gasteiger partial charge in [0.05, 0.1) is 16.6 Å². The fourth-order valence-corrected chi connectivity index (χ4v) is 7.73. The Morgan fingerprint density at radius 1 is 0.600 bits per heavy atom. The van der Waals surface area contributed by atoms with E-state index in [-0.39, 0.29) is 0 Å². The summed E-state index contributed by atoms with van der Waals surface area (Å²) >= 11 is 0. The molecule has 0 N–H and O–H groups in total. The van der Waals surface area contributed by atoms with E-state index in [1.54, 1.807) is 12.4 Å². The number of rotatable bonds is 3. The summed E-state index contributed by atoms with van der Waals surface area (Å²) in [5.41, 5.74) is 3.97. The van der Waals surface area contributed by atoms with Gasteiger partial charge in [-0.15, -0.1) is 0 Å². The molecule has 4 nitrogen and oxygen atoms in total. The first-order chi connectivity index (χ1) is 17.2. The minimum Gasteiger partial charge on any atom is -0.309 e. The van der Waals surface area contributed by atoms with E-state index < -0.39 is 7.14 Å². The number of pyridine rings is 2. The summed E-state index contributed by atoms with van der Waals surface area (Å²) in [5, 5.41) is 5.50. The van der Waals surface area contributed by atoms with E-state index in [9.17, 15) is 4.57 Å². The second-order valence-corrected chi connectivity index (χ2v) is 11.4. The molecule has 0 saturated heterocycles. The Balaban J connectivity index is 1.63. The minimum absolute atomic E-state index is 0.718. The van der Waals surface area contributed by atoms with Crippen LogP contribution in [0.5, 0.6) is 0 Å². The van der Waals surface area contributed by atoms with Crippen LogP contribution in [0.3, 0.4) is 0 Å². The second kappa shape index (κ2) is 7.63. The zero-order valence-electron chi connectivity index (χ0n) is 18.7. The molecule has 3 aromatic heterocycles. The number of para-hydroxylation sites is 3. The fourth-order valence-electron chi connectivity index (χ4n) is 5.12. The van der Waals surface area contributed by atoms with Crippen molar-refractivity contribution in [1.82, 2.24) is 14.4 Å². The topological polar surface area (TPSA) is 47.3 Å². The molecule has 1 atom stereocenters. The molecule has 0 fully saturated rings. The van der Waals surface area contributed by atoms with Gasteiger partial charge in [0, 0.05) is 39.1 Å². The summed E-state index contributed by atoms with van der Waals surface area (Å²) in [6.45, 7) is 0. The first-order valence-electron chi connectivity index (χ1n) is 11.5. The summed E-state index contributed by atoms with van der Waals surface area (Å²) in [4.78, 5) is 9.32. The standard InChI is InChI=1S/C30H20N3OP/c34-35(21-9-2-1-3-10-21,23-11-8-18-31-20-23)22-16-17-24-25-12-4-6-14-28(25)33-29-15-7-5-13-27(29)32-30(33)26(24)19-22/h1-20H. The Kier molecular flexibility index (Phi) is 4.39. The van der Waals surface area contributed by atoms with Gasteiger partial charge in [0.15, 0.2) is 7.14 Å². The van der Waals surface area contributed by atoms with Crippen LogP contribution in [0.25, 0.3) is 38.4 Å². The Morgan fingerprint density at radius 3 is 2.17 bits per heavy atom. The van der Waals surface area contributed by atoms with Crippen LogP contribution in [0.4, 0.5) is 0 Å². The van der Waals surface area contributed by atoms with Crippen molar-refractivity contribution >= 4 is 61.4 Å². The number of fused-ring (bicyclic) bond motifs is 8. The normalized spacial score (nSPS) is 13.5. The van der Waals surface area contributed by atoms with Crippen LogP contribution >= 0.6 is 7.14 Å². The van der Waals surface area contributed by atoms with Crippen LogP contribution in [-0.2, 0) is 4.57 Å². The first-order valence-corrected chi connectivity index (χ1v) is 13.2. The van der Waals surface area contributed by atoms with E-state index in [1.165, 1.54) is 0 Å². The number of aromatic nitrogens is 3. The number of benzene rings is 4. The molecule has 0 radical (unpaired) electrons. The molecular formula is C30H20N3OP. The van der Waals surface area contributed by atoms with Crippen molar-refractivity contribution in [3.05, 3.63) is 122 Å². The molecule has 0 bridgehead atoms. The summed E-state index contributed by atoms with van der Waals surface area (Å²) in [6, 6.07) is 36.2. The van der Waals surface area contributed by atoms with Gasteiger partial charge in [-0.25, -0.2) is 4.98 Å². The highest BCUT2D eigenvalue weighted by Crippen LogP contribution is 2.43. The molecule has 0 spiro atoms. The van der Waals surface area contributed by atoms with Crippen LogP contribution in [0.1, 0.15) is 0 Å². The summed E-state index contributed by atoms with van der Waals surface area (Å²) in [5.74, 6) is 0. The molecule has 0 amide bonds. The highest BCUT2D eigenvalue weighted by molar-refractivity contribution is 7.85. The molecule has 35 heavy (non-hydrogen) atoms. The lowest BCUT2D eigenvalue weighted by molar-refractivity contribution is 0.592. The van der Waals surface area contributed by atoms with Gasteiger partial charge in [0.25, 0.3) is 0 Å². The van der Waals surface area contributed by atoms with Gasteiger partial charge in [0.1, 0.15) is 5.65 Å². The molecule has 7 aromatic rings. The van der Waals surface area contributed by atoms with Gasteiger partial charge >= 0.3 is 0 Å². The lowest BCUT2D eigenvalue weighted by Gasteiger charge is -2.20. The van der Waals surface area contributed by atoms with Gasteiger partial charge in [-0.3, -0.25) is 9.38 Å². The molecule has 166 valence electrons. The summed E-state index contributed by atoms with van der Waals surface area (Å²) < 4.78 is 17.2. The third-order valence-electron chi connectivity index (χ3n) is 6.73. The second-order valence-electron chi connectivity index (χ2n) is 8.66. The molecule has 0 aliphatic rings. The van der Waals surface area contributed by atoms with E-state index >= 15 is 0 Å². The van der Waals surface area contributed by atoms with Gasteiger partial charge in [-0.2, -0.15) is 0 Å². The quantitative estimate of drug-likeness (QED) is 0.242. The maximum atomic E-state index is 15.0. The SMILES string of the molecule is O=P(c1ccccc1)(c1cccnc1)c1ccc2c3ccccc3n3c4ccccc4nc3c2c1. The molecule has 3 heterocycles. The zero-order valence-corrected chi connectivity index (χ0v) is 19.6. The predicted molar refractivity (Wildman–Crippen MR) is 145 cm³/mol. The smallest absolute Gasteiger partial charge is 0.172 e. The largest absolute Gasteiger partial charge is 0.309 e. The van der Waals surface area contributed by atoms with Crippen molar-refractivity contribution in [3.8, 4) is 0 Å². The summed E-state index contributed by atoms with van der Waals surface area (Å²) in [6.07, 6.45) is 3.43. The zero-order chi connectivity index (χ0) is 23.4. The predicted octanol–water partition coefficient (Wildman–Crippen LogP) is 5.83. The van der Waals surface area contributed by atoms with Crippen LogP contribution in [0.15, 0.2) is 122 Å². The number of imidazole rings is 1. The minimum atomic E-state index is -3.15. The van der Waals surface area contributed by atoms with Crippen molar-refractivity contribution in [2.45, 2.75) is 0 Å². The van der Waals surface area contributed by atoms with Crippen LogP contribution < -0.4 is 15.9 Å². The molecule has 0 aliphatic carbocycles. The molecular weight excluding hydrogens is 449 g/mol. The van der Waals surface area contributed by atoms with E-state index in [2.05, 4.69) is 51.8 Å². The highest BCUT2D eigenvalue weighted by Gasteiger charge is 2.30. The highest BCUT2D eigenvalue weighted by atomic mass is 31.2. The van der Waals surface area contributed by atoms with Crippen LogP contribution in [-0.4, -0.2) is 14.4 Å². The van der Waals surface area contributed by atoms with E-state index in [1.807, 2.05) is 66.7 Å². The van der Waals surface area contributed by atoms with E-state index in [4.69, 9.17) is 4.98 Å². The van der Waals surface area contributed by atoms with Crippen molar-refractivity contribution < 1.29 is 4.57 Å². The number of hydrogen-bond acceptors (Lipinski definition) is 3. The Labute approximate surface area is 201 Å². The number of hydrogen-bond donors (Lipinski definition) is 0. The molecule has 5 heteroatoms. The fraction of sp³-hybridized carbons (Fsp3) is 0. The molecule has 0 aliphatic heterocycles. The van der Waals surface area contributed by atoms with Crippen molar-refractivity contribution in [1.29, 1.82) is 0 Å². The molecule has 0 saturated carbocycles. The summed E-state index contributed by atoms with van der Waals surface area (Å²) in [7, 11) is -3.15. The van der Waals surface area contributed by atoms with Gasteiger partial charge in [-0.1, -0.05) is 72.8 Å². The monoisotopic (exact) mass is 469 g/mol. The van der Waals surface area contributed by atoms with Crippen LogP contribution in [0, 0.1) is 0 Å². The molecule has 4 aromatic carbocycles. The lowest BCUT2D eigenvalue weighted by Crippen LogP contribution is -2.25. The van der Waals surface area contributed by atoms with Crippen molar-refractivity contribution in [3.63, 3.8) is 0 Å². The third-order valence-corrected chi connectivity index (χ3v) is 9.76. The maximum Gasteiger partial charge on any atom is 0.172 e. The Morgan fingerprint density at radius 2 is 1.34 bits per heavy atom.